The molecule has 4 nitrogen and oxygen atoms in total. The number of para-hydroxylation sites is 2. The number of rotatable bonds is 7. The molecule has 4 aliphatic rings. The predicted molar refractivity (Wildman–Crippen MR) is 378 cm³/mol. The van der Waals surface area contributed by atoms with Crippen molar-refractivity contribution in [1.82, 2.24) is 19.9 Å². The van der Waals surface area contributed by atoms with Crippen LogP contribution in [0.1, 0.15) is 95.5 Å². The Balaban J connectivity index is 0.691. The van der Waals surface area contributed by atoms with Crippen molar-refractivity contribution in [1.29, 1.82) is 0 Å². The van der Waals surface area contributed by atoms with Gasteiger partial charge in [0, 0.05) is 43.9 Å². The smallest absolute Gasteiger partial charge is 0.161 e. The van der Waals surface area contributed by atoms with Crippen LogP contribution in [0.25, 0.3) is 122 Å². The summed E-state index contributed by atoms with van der Waals surface area (Å²) in [7, 11) is 0. The third-order valence-corrected chi connectivity index (χ3v) is 21.8. The Kier molecular flexibility index (Phi) is 11.5. The number of aromatic nitrogens is 4. The molecule has 2 aromatic heterocycles. The van der Waals surface area contributed by atoms with Crippen molar-refractivity contribution in [3.8, 4) is 78.7 Å². The van der Waals surface area contributed by atoms with Gasteiger partial charge in [0.1, 0.15) is 0 Å². The van der Waals surface area contributed by atoms with Crippen molar-refractivity contribution < 1.29 is 0 Å². The average molecular weight is 1180 g/mol. The maximum Gasteiger partial charge on any atom is 0.161 e. The summed E-state index contributed by atoms with van der Waals surface area (Å²) in [5.41, 5.74) is 26.9. The van der Waals surface area contributed by atoms with E-state index in [1.807, 2.05) is 0 Å². The Morgan fingerprint density at radius 3 is 1.51 bits per heavy atom. The van der Waals surface area contributed by atoms with E-state index in [-0.39, 0.29) is 10.8 Å². The SMILES string of the molecule is CC1(C)c2ccccc2-c2c(-c3nc(-c4cccc5c4-c4ccccc4C5(c4ccccc4)c4ccc(C5CCC6(CC5)c5ccccc5-c5c(-c7nc(-c8ccc9c(ccc%10ccccc%109)c8)nc8ccccc78)cccc56)cc4)c4ccccc4n3)cccc21. The zero-order valence-electron chi connectivity index (χ0n) is 51.3. The Bertz CT molecular complexity index is 5580. The largest absolute Gasteiger partial charge is 0.228 e. The fourth-order valence-corrected chi connectivity index (χ4v) is 17.6. The third-order valence-electron chi connectivity index (χ3n) is 21.8. The first-order valence-corrected chi connectivity index (χ1v) is 32.7. The van der Waals surface area contributed by atoms with Crippen molar-refractivity contribution in [2.45, 2.75) is 61.7 Å². The molecule has 1 unspecified atom stereocenters. The van der Waals surface area contributed by atoms with Crippen LogP contribution in [0.15, 0.2) is 285 Å². The van der Waals surface area contributed by atoms with E-state index in [1.54, 1.807) is 0 Å². The fourth-order valence-electron chi connectivity index (χ4n) is 17.6. The van der Waals surface area contributed by atoms with Gasteiger partial charge in [0.15, 0.2) is 11.6 Å². The van der Waals surface area contributed by atoms with Crippen molar-refractivity contribution in [2.24, 2.45) is 0 Å². The van der Waals surface area contributed by atoms with Gasteiger partial charge in [0.05, 0.1) is 27.8 Å². The summed E-state index contributed by atoms with van der Waals surface area (Å²) in [4.78, 5) is 22.0. The molecular formula is C88H62N4. The normalized spacial score (nSPS) is 18.0. The van der Waals surface area contributed by atoms with Gasteiger partial charge in [0.2, 0.25) is 0 Å². The van der Waals surface area contributed by atoms with Crippen LogP contribution in [0, 0.1) is 0 Å². The van der Waals surface area contributed by atoms with E-state index in [1.165, 1.54) is 111 Å². The van der Waals surface area contributed by atoms with Crippen LogP contribution in [-0.2, 0) is 16.2 Å². The van der Waals surface area contributed by atoms with Crippen LogP contribution >= 0.6 is 0 Å². The first-order chi connectivity index (χ1) is 45.3. The Labute approximate surface area is 535 Å². The maximum atomic E-state index is 5.74. The number of benzene rings is 13. The molecule has 0 N–H and O–H groups in total. The van der Waals surface area contributed by atoms with Crippen LogP contribution < -0.4 is 0 Å². The topological polar surface area (TPSA) is 51.6 Å². The molecule has 13 aromatic carbocycles. The van der Waals surface area contributed by atoms with Crippen LogP contribution in [0.3, 0.4) is 0 Å². The second-order valence-electron chi connectivity index (χ2n) is 26.6. The molecule has 0 radical (unpaired) electrons. The summed E-state index contributed by atoms with van der Waals surface area (Å²) in [5, 5.41) is 7.02. The summed E-state index contributed by atoms with van der Waals surface area (Å²) in [6.07, 6.45) is 4.28. The Morgan fingerprint density at radius 1 is 0.315 bits per heavy atom. The minimum Gasteiger partial charge on any atom is -0.228 e. The van der Waals surface area contributed by atoms with Crippen LogP contribution in [0.4, 0.5) is 0 Å². The quantitative estimate of drug-likeness (QED) is 0.149. The van der Waals surface area contributed by atoms with E-state index in [0.29, 0.717) is 5.92 Å². The number of nitrogens with zero attached hydrogens (tertiary/aromatic N) is 4. The number of hydrogen-bond acceptors (Lipinski definition) is 4. The van der Waals surface area contributed by atoms with Crippen LogP contribution in [-0.4, -0.2) is 19.9 Å². The summed E-state index contributed by atoms with van der Waals surface area (Å²) < 4.78 is 0. The highest BCUT2D eigenvalue weighted by atomic mass is 14.9. The molecule has 0 amide bonds. The van der Waals surface area contributed by atoms with Crippen molar-refractivity contribution in [2.75, 3.05) is 0 Å². The molecule has 0 saturated heterocycles. The lowest BCUT2D eigenvalue weighted by Crippen LogP contribution is -2.31. The Morgan fingerprint density at radius 2 is 0.793 bits per heavy atom. The molecule has 2 heterocycles. The van der Waals surface area contributed by atoms with Gasteiger partial charge in [-0.1, -0.05) is 281 Å². The summed E-state index contributed by atoms with van der Waals surface area (Å²) in [5.74, 6) is 1.90. The van der Waals surface area contributed by atoms with Crippen LogP contribution in [0.2, 0.25) is 0 Å². The van der Waals surface area contributed by atoms with Gasteiger partial charge < -0.3 is 0 Å². The monoisotopic (exact) mass is 1170 g/mol. The molecule has 1 saturated carbocycles. The molecule has 15 aromatic rings. The fraction of sp³-hybridized carbons (Fsp3) is 0.114. The molecule has 1 fully saturated rings. The van der Waals surface area contributed by atoms with E-state index in [0.717, 1.165) is 87.2 Å². The highest BCUT2D eigenvalue weighted by molar-refractivity contribution is 6.09. The zero-order valence-corrected chi connectivity index (χ0v) is 51.3. The summed E-state index contributed by atoms with van der Waals surface area (Å²) >= 11 is 0. The van der Waals surface area contributed by atoms with E-state index >= 15 is 0 Å². The first kappa shape index (κ1) is 52.9. The molecule has 92 heavy (non-hydrogen) atoms. The van der Waals surface area contributed by atoms with Gasteiger partial charge in [-0.25, -0.2) is 19.9 Å². The number of hydrogen-bond donors (Lipinski definition) is 0. The first-order valence-electron chi connectivity index (χ1n) is 32.7. The lowest BCUT2D eigenvalue weighted by atomic mass is 9.64. The van der Waals surface area contributed by atoms with Gasteiger partial charge in [0.25, 0.3) is 0 Å². The molecule has 4 heteroatoms. The molecule has 0 aliphatic heterocycles. The van der Waals surface area contributed by atoms with Gasteiger partial charge in [-0.2, -0.15) is 0 Å². The molecule has 0 bridgehead atoms. The van der Waals surface area contributed by atoms with Gasteiger partial charge in [-0.15, -0.1) is 0 Å². The van der Waals surface area contributed by atoms with Gasteiger partial charge in [-0.3, -0.25) is 0 Å². The predicted octanol–water partition coefficient (Wildman–Crippen LogP) is 21.8. The van der Waals surface area contributed by atoms with E-state index in [9.17, 15) is 0 Å². The van der Waals surface area contributed by atoms with E-state index < -0.39 is 5.41 Å². The molecular weight excluding hydrogens is 1110 g/mol. The maximum absolute atomic E-state index is 5.74. The third kappa shape index (κ3) is 7.52. The highest BCUT2D eigenvalue weighted by Crippen LogP contribution is 2.62. The highest BCUT2D eigenvalue weighted by Gasteiger charge is 2.49. The Hall–Kier alpha value is -10.9. The molecule has 4 aliphatic carbocycles. The molecule has 19 rings (SSSR count). The second-order valence-corrected chi connectivity index (χ2v) is 26.6. The minimum atomic E-state index is -0.602. The lowest BCUT2D eigenvalue weighted by Gasteiger charge is -2.40. The average Bonchev–Trinajstić information content (AvgIpc) is 1.53. The van der Waals surface area contributed by atoms with Crippen LogP contribution in [0.5, 0.6) is 0 Å². The summed E-state index contributed by atoms with van der Waals surface area (Å²) in [6, 6.07) is 106. The number of fused-ring (bicyclic) bond motifs is 16. The molecule has 1 spiro atoms. The lowest BCUT2D eigenvalue weighted by molar-refractivity contribution is 0.320. The molecule has 434 valence electrons. The van der Waals surface area contributed by atoms with Gasteiger partial charge in [-0.05, 0) is 155 Å². The standard InChI is InChI=1S/C88H62N4/c1-86(2)71-33-13-8-25-63(71)81-70(32-20-36-74(81)86)85-90-78-40-17-12-29-67(78)83(92-85)69-31-19-38-76-80(69)65-27-10-15-35-73(65)88(76,59-22-4-3-5-23-59)60-46-43-54(44-47-60)55-49-51-87(52-50-55)72-34-14-9-26-64(72)79-68(30-18-37-75(79)87)82-66-28-11-16-39-77(66)89-84(91-82)58-45-48-62-57(53-58)42-41-56-21-6-7-24-61(56)62/h3-48,53,55H,49-52H2,1-2H3. The van der Waals surface area contributed by atoms with Crippen molar-refractivity contribution in [3.05, 3.63) is 335 Å². The second kappa shape index (κ2) is 20.0. The van der Waals surface area contributed by atoms with E-state index in [4.69, 9.17) is 19.9 Å². The summed E-state index contributed by atoms with van der Waals surface area (Å²) in [6.45, 7) is 4.68. The zero-order chi connectivity index (χ0) is 60.9. The molecule has 1 atom stereocenters. The van der Waals surface area contributed by atoms with Crippen molar-refractivity contribution in [3.63, 3.8) is 0 Å². The minimum absolute atomic E-state index is 0.114. The van der Waals surface area contributed by atoms with Gasteiger partial charge >= 0.3 is 0 Å². The van der Waals surface area contributed by atoms with E-state index in [2.05, 4.69) is 299 Å². The van der Waals surface area contributed by atoms with Crippen molar-refractivity contribution >= 4 is 43.4 Å².